The van der Waals surface area contributed by atoms with E-state index in [0.29, 0.717) is 0 Å². The molecule has 0 radical (unpaired) electrons. The molecular formula is C42H26N2S. The minimum atomic E-state index is 1.18. The van der Waals surface area contributed by atoms with Crippen LogP contribution in [0, 0.1) is 0 Å². The Morgan fingerprint density at radius 3 is 1.60 bits per heavy atom. The quantitative estimate of drug-likeness (QED) is 0.194. The van der Waals surface area contributed by atoms with E-state index in [-0.39, 0.29) is 0 Å². The Kier molecular flexibility index (Phi) is 5.19. The summed E-state index contributed by atoms with van der Waals surface area (Å²) in [6.07, 6.45) is 0. The molecule has 210 valence electrons. The molecule has 0 N–H and O–H groups in total. The lowest BCUT2D eigenvalue weighted by Gasteiger charge is -2.10. The van der Waals surface area contributed by atoms with Crippen molar-refractivity contribution in [2.24, 2.45) is 0 Å². The Morgan fingerprint density at radius 1 is 0.356 bits per heavy atom. The summed E-state index contributed by atoms with van der Waals surface area (Å²) < 4.78 is 7.49. The van der Waals surface area contributed by atoms with Gasteiger partial charge in [-0.3, -0.25) is 0 Å². The molecule has 0 bridgehead atoms. The fourth-order valence-corrected chi connectivity index (χ4v) is 8.53. The second-order valence-electron chi connectivity index (χ2n) is 11.8. The Bertz CT molecular complexity index is 2760. The highest BCUT2D eigenvalue weighted by Gasteiger charge is 2.18. The van der Waals surface area contributed by atoms with Crippen molar-refractivity contribution in [3.8, 4) is 22.5 Å². The third-order valence-corrected chi connectivity index (χ3v) is 10.5. The summed E-state index contributed by atoms with van der Waals surface area (Å²) in [6, 6.07) is 57.6. The second-order valence-corrected chi connectivity index (χ2v) is 12.8. The van der Waals surface area contributed by atoms with Crippen LogP contribution in [-0.4, -0.2) is 9.13 Å². The van der Waals surface area contributed by atoms with Gasteiger partial charge in [0.05, 0.1) is 32.5 Å². The monoisotopic (exact) mass is 590 g/mol. The summed E-state index contributed by atoms with van der Waals surface area (Å²) in [6.45, 7) is 0. The predicted octanol–water partition coefficient (Wildman–Crippen LogP) is 11.9. The molecule has 3 heteroatoms. The SMILES string of the molecule is c1ccc(-n2c3ccccc3c3cc(-c4ccc5c(c4)c4ccccc4n5-c4cccc5c4sc4ccccc45)ccc32)cc1. The topological polar surface area (TPSA) is 9.86 Å². The number of fused-ring (bicyclic) bond motifs is 9. The molecule has 0 unspecified atom stereocenters. The summed E-state index contributed by atoms with van der Waals surface area (Å²) in [5.74, 6) is 0. The zero-order valence-electron chi connectivity index (χ0n) is 24.3. The van der Waals surface area contributed by atoms with Crippen molar-refractivity contribution in [3.63, 3.8) is 0 Å². The van der Waals surface area contributed by atoms with Crippen LogP contribution in [0.1, 0.15) is 0 Å². The largest absolute Gasteiger partial charge is 0.309 e. The van der Waals surface area contributed by atoms with Crippen molar-refractivity contribution >= 4 is 75.1 Å². The van der Waals surface area contributed by atoms with E-state index in [1.807, 2.05) is 11.3 Å². The lowest BCUT2D eigenvalue weighted by Crippen LogP contribution is -1.94. The van der Waals surface area contributed by atoms with E-state index in [0.717, 1.165) is 0 Å². The molecule has 45 heavy (non-hydrogen) atoms. The molecule has 3 heterocycles. The lowest BCUT2D eigenvalue weighted by atomic mass is 10.0. The molecule has 0 aliphatic carbocycles. The highest BCUT2D eigenvalue weighted by Crippen LogP contribution is 2.42. The summed E-state index contributed by atoms with van der Waals surface area (Å²) in [5, 5.41) is 7.73. The number of aromatic nitrogens is 2. The van der Waals surface area contributed by atoms with Gasteiger partial charge in [-0.25, -0.2) is 0 Å². The van der Waals surface area contributed by atoms with Crippen molar-refractivity contribution in [1.29, 1.82) is 0 Å². The molecule has 0 spiro atoms. The number of hydrogen-bond donors (Lipinski definition) is 0. The molecule has 0 saturated carbocycles. The molecule has 0 fully saturated rings. The van der Waals surface area contributed by atoms with Gasteiger partial charge in [0.2, 0.25) is 0 Å². The van der Waals surface area contributed by atoms with Crippen LogP contribution in [0.5, 0.6) is 0 Å². The first-order valence-electron chi connectivity index (χ1n) is 15.4. The van der Waals surface area contributed by atoms with E-state index in [4.69, 9.17) is 0 Å². The molecule has 0 amide bonds. The Balaban J connectivity index is 1.20. The van der Waals surface area contributed by atoms with E-state index in [1.165, 1.54) is 86.3 Å². The maximum absolute atomic E-state index is 2.46. The van der Waals surface area contributed by atoms with Crippen LogP contribution in [0.15, 0.2) is 158 Å². The van der Waals surface area contributed by atoms with Crippen molar-refractivity contribution in [2.45, 2.75) is 0 Å². The van der Waals surface area contributed by atoms with Crippen LogP contribution < -0.4 is 0 Å². The number of thiophene rings is 1. The summed E-state index contributed by atoms with van der Waals surface area (Å²) in [4.78, 5) is 0. The Morgan fingerprint density at radius 2 is 0.889 bits per heavy atom. The summed E-state index contributed by atoms with van der Waals surface area (Å²) in [7, 11) is 0. The first-order valence-corrected chi connectivity index (χ1v) is 16.2. The third-order valence-electron chi connectivity index (χ3n) is 9.32. The summed E-state index contributed by atoms with van der Waals surface area (Å²) >= 11 is 1.88. The van der Waals surface area contributed by atoms with Gasteiger partial charge in [0.25, 0.3) is 0 Å². The average Bonchev–Trinajstić information content (AvgIpc) is 3.76. The van der Waals surface area contributed by atoms with Crippen LogP contribution in [0.2, 0.25) is 0 Å². The predicted molar refractivity (Wildman–Crippen MR) is 193 cm³/mol. The smallest absolute Gasteiger partial charge is 0.0640 e. The van der Waals surface area contributed by atoms with Gasteiger partial charge in [0.15, 0.2) is 0 Å². The summed E-state index contributed by atoms with van der Waals surface area (Å²) in [5.41, 5.74) is 9.78. The highest BCUT2D eigenvalue weighted by molar-refractivity contribution is 7.26. The standard InChI is InChI=1S/C42H26N2S/c1-2-11-29(12-3-1)43-36-17-7-4-13-30(36)34-25-27(21-23-38(34)43)28-22-24-39-35(26-28)31-14-5-8-18-37(31)44(39)40-19-10-16-33-32-15-6-9-20-41(32)45-42(33)40/h1-26H. The number of para-hydroxylation sites is 3. The Hall–Kier alpha value is -5.64. The van der Waals surface area contributed by atoms with Crippen molar-refractivity contribution in [3.05, 3.63) is 158 Å². The average molecular weight is 591 g/mol. The number of rotatable bonds is 3. The van der Waals surface area contributed by atoms with Crippen LogP contribution in [0.3, 0.4) is 0 Å². The van der Waals surface area contributed by atoms with E-state index in [9.17, 15) is 0 Å². The molecule has 0 atom stereocenters. The maximum Gasteiger partial charge on any atom is 0.0640 e. The van der Waals surface area contributed by atoms with Crippen molar-refractivity contribution in [1.82, 2.24) is 9.13 Å². The van der Waals surface area contributed by atoms with Gasteiger partial charge < -0.3 is 9.13 Å². The number of hydrogen-bond acceptors (Lipinski definition) is 1. The molecule has 0 saturated heterocycles. The number of nitrogens with zero attached hydrogens (tertiary/aromatic N) is 2. The van der Waals surface area contributed by atoms with Crippen molar-refractivity contribution < 1.29 is 0 Å². The second kappa shape index (κ2) is 9.43. The highest BCUT2D eigenvalue weighted by atomic mass is 32.1. The van der Waals surface area contributed by atoms with Gasteiger partial charge in [0, 0.05) is 42.7 Å². The zero-order chi connectivity index (χ0) is 29.5. The first kappa shape index (κ1) is 24.8. The van der Waals surface area contributed by atoms with Gasteiger partial charge in [-0.05, 0) is 71.8 Å². The minimum Gasteiger partial charge on any atom is -0.309 e. The van der Waals surface area contributed by atoms with Crippen molar-refractivity contribution in [2.75, 3.05) is 0 Å². The maximum atomic E-state index is 2.46. The van der Waals surface area contributed by atoms with E-state index in [2.05, 4.69) is 167 Å². The van der Waals surface area contributed by atoms with E-state index in [1.54, 1.807) is 0 Å². The number of benzene rings is 7. The molecule has 0 aliphatic heterocycles. The van der Waals surface area contributed by atoms with Gasteiger partial charge >= 0.3 is 0 Å². The fraction of sp³-hybridized carbons (Fsp3) is 0. The van der Waals surface area contributed by atoms with Crippen LogP contribution in [-0.2, 0) is 0 Å². The van der Waals surface area contributed by atoms with Crippen LogP contribution in [0.4, 0.5) is 0 Å². The molecule has 0 aliphatic rings. The van der Waals surface area contributed by atoms with Gasteiger partial charge in [-0.2, -0.15) is 0 Å². The minimum absolute atomic E-state index is 1.18. The molecule has 2 nitrogen and oxygen atoms in total. The first-order chi connectivity index (χ1) is 22.3. The third kappa shape index (κ3) is 3.56. The van der Waals surface area contributed by atoms with Crippen LogP contribution >= 0.6 is 11.3 Å². The molecule has 10 aromatic rings. The molecule has 7 aromatic carbocycles. The molecule has 3 aromatic heterocycles. The van der Waals surface area contributed by atoms with Crippen LogP contribution in [0.25, 0.3) is 86.3 Å². The van der Waals surface area contributed by atoms with Gasteiger partial charge in [-0.15, -0.1) is 11.3 Å². The fourth-order valence-electron chi connectivity index (χ4n) is 7.33. The van der Waals surface area contributed by atoms with E-state index < -0.39 is 0 Å². The zero-order valence-corrected chi connectivity index (χ0v) is 25.1. The normalized spacial score (nSPS) is 12.0. The van der Waals surface area contributed by atoms with Gasteiger partial charge in [-0.1, -0.05) is 97.1 Å². The lowest BCUT2D eigenvalue weighted by molar-refractivity contribution is 1.18. The molecular weight excluding hydrogens is 565 g/mol. The van der Waals surface area contributed by atoms with Gasteiger partial charge in [0.1, 0.15) is 0 Å². The Labute approximate surface area is 263 Å². The van der Waals surface area contributed by atoms with E-state index >= 15 is 0 Å². The molecule has 10 rings (SSSR count).